The Morgan fingerprint density at radius 2 is 1.39 bits per heavy atom. The van der Waals surface area contributed by atoms with Gasteiger partial charge in [0.1, 0.15) is 11.5 Å². The van der Waals surface area contributed by atoms with Crippen LogP contribution in [0.25, 0.3) is 11.2 Å². The van der Waals surface area contributed by atoms with Gasteiger partial charge in [0.15, 0.2) is 11.2 Å². The van der Waals surface area contributed by atoms with Gasteiger partial charge in [-0.25, -0.2) is 9.78 Å². The van der Waals surface area contributed by atoms with Crippen molar-refractivity contribution >= 4 is 11.2 Å². The molecule has 0 aliphatic rings. The molecule has 2 aromatic carbocycles. The summed E-state index contributed by atoms with van der Waals surface area (Å²) in [7, 11) is 3.24. The Morgan fingerprint density at radius 1 is 0.818 bits per heavy atom. The number of nitrogens with zero attached hydrogens (tertiary/aromatic N) is 4. The van der Waals surface area contributed by atoms with E-state index in [2.05, 4.69) is 4.98 Å². The molecule has 0 bridgehead atoms. The molecule has 4 rings (SSSR count). The number of hydrogen-bond donors (Lipinski definition) is 0. The molecule has 0 atom stereocenters. The van der Waals surface area contributed by atoms with Crippen LogP contribution in [0.15, 0.2) is 64.4 Å². The van der Waals surface area contributed by atoms with Crippen LogP contribution in [0, 0.1) is 0 Å². The van der Waals surface area contributed by atoms with Crippen LogP contribution in [0.3, 0.4) is 0 Å². The van der Waals surface area contributed by atoms with Crippen LogP contribution in [0.2, 0.25) is 0 Å². The first kappa shape index (κ1) is 22.4. The van der Waals surface area contributed by atoms with E-state index >= 15 is 0 Å². The van der Waals surface area contributed by atoms with Gasteiger partial charge >= 0.3 is 5.69 Å². The second-order valence-corrected chi connectivity index (χ2v) is 7.92. The summed E-state index contributed by atoms with van der Waals surface area (Å²) in [6.07, 6.45) is 3.26. The summed E-state index contributed by atoms with van der Waals surface area (Å²) in [6, 6.07) is 15.2. The average molecular weight is 449 g/mol. The fourth-order valence-corrected chi connectivity index (χ4v) is 3.86. The van der Waals surface area contributed by atoms with E-state index < -0.39 is 0 Å². The summed E-state index contributed by atoms with van der Waals surface area (Å²) in [5.41, 5.74) is 2.09. The summed E-state index contributed by atoms with van der Waals surface area (Å²) >= 11 is 0. The molecular formula is C25H28N4O4. The third kappa shape index (κ3) is 4.55. The molecule has 172 valence electrons. The zero-order chi connectivity index (χ0) is 23.4. The summed E-state index contributed by atoms with van der Waals surface area (Å²) in [5.74, 6) is 1.51. The van der Waals surface area contributed by atoms with Gasteiger partial charge in [0, 0.05) is 13.1 Å². The second kappa shape index (κ2) is 9.77. The monoisotopic (exact) mass is 448 g/mol. The van der Waals surface area contributed by atoms with E-state index in [0.29, 0.717) is 30.8 Å². The SMILES string of the molecule is CCCCn1c(=O)c2c(ncn2Cc2ccc(OC)cc2)n(Cc2ccc(OC)cc2)c1=O. The molecule has 0 aliphatic heterocycles. The maximum Gasteiger partial charge on any atom is 0.333 e. The Morgan fingerprint density at radius 3 is 1.94 bits per heavy atom. The molecular weight excluding hydrogens is 420 g/mol. The van der Waals surface area contributed by atoms with E-state index in [1.807, 2.05) is 60.0 Å². The van der Waals surface area contributed by atoms with Gasteiger partial charge in [-0.1, -0.05) is 37.6 Å². The van der Waals surface area contributed by atoms with E-state index in [-0.39, 0.29) is 11.2 Å². The van der Waals surface area contributed by atoms with Crippen LogP contribution in [-0.4, -0.2) is 32.9 Å². The number of hydrogen-bond acceptors (Lipinski definition) is 5. The van der Waals surface area contributed by atoms with Crippen molar-refractivity contribution in [1.29, 1.82) is 0 Å². The maximum absolute atomic E-state index is 13.4. The number of benzene rings is 2. The highest BCUT2D eigenvalue weighted by Gasteiger charge is 2.18. The van der Waals surface area contributed by atoms with Crippen LogP contribution in [-0.2, 0) is 19.6 Å². The van der Waals surface area contributed by atoms with Crippen molar-refractivity contribution in [2.75, 3.05) is 14.2 Å². The fourth-order valence-electron chi connectivity index (χ4n) is 3.86. The number of rotatable bonds is 9. The summed E-state index contributed by atoms with van der Waals surface area (Å²) in [5, 5.41) is 0. The molecule has 8 heteroatoms. The van der Waals surface area contributed by atoms with Crippen LogP contribution < -0.4 is 20.7 Å². The van der Waals surface area contributed by atoms with Crippen LogP contribution in [0.5, 0.6) is 11.5 Å². The van der Waals surface area contributed by atoms with Crippen molar-refractivity contribution in [2.45, 2.75) is 39.4 Å². The van der Waals surface area contributed by atoms with E-state index in [4.69, 9.17) is 9.47 Å². The quantitative estimate of drug-likeness (QED) is 0.393. The van der Waals surface area contributed by atoms with Crippen molar-refractivity contribution in [2.24, 2.45) is 0 Å². The number of fused-ring (bicyclic) bond motifs is 1. The van der Waals surface area contributed by atoms with Gasteiger partial charge in [-0.2, -0.15) is 0 Å². The summed E-state index contributed by atoms with van der Waals surface area (Å²) in [6.45, 7) is 3.18. The normalized spacial score (nSPS) is 11.1. The van der Waals surface area contributed by atoms with E-state index in [1.54, 1.807) is 25.1 Å². The summed E-state index contributed by atoms with van der Waals surface area (Å²) < 4.78 is 15.2. The number of aromatic nitrogens is 4. The number of ether oxygens (including phenoxy) is 2. The highest BCUT2D eigenvalue weighted by Crippen LogP contribution is 2.16. The fraction of sp³-hybridized carbons (Fsp3) is 0.320. The molecule has 4 aromatic rings. The minimum Gasteiger partial charge on any atom is -0.497 e. The number of methoxy groups -OCH3 is 2. The molecule has 0 saturated carbocycles. The lowest BCUT2D eigenvalue weighted by Gasteiger charge is -2.13. The molecule has 33 heavy (non-hydrogen) atoms. The Kier molecular flexibility index (Phi) is 6.63. The lowest BCUT2D eigenvalue weighted by Crippen LogP contribution is -2.41. The van der Waals surface area contributed by atoms with Crippen LogP contribution in [0.4, 0.5) is 0 Å². The molecule has 0 amide bonds. The molecule has 2 aromatic heterocycles. The highest BCUT2D eigenvalue weighted by atomic mass is 16.5. The van der Waals surface area contributed by atoms with Gasteiger partial charge < -0.3 is 14.0 Å². The van der Waals surface area contributed by atoms with Gasteiger partial charge in [0.05, 0.1) is 27.1 Å². The molecule has 0 spiro atoms. The minimum atomic E-state index is -0.341. The first-order valence-corrected chi connectivity index (χ1v) is 11.0. The third-order valence-electron chi connectivity index (χ3n) is 5.73. The Bertz CT molecular complexity index is 1350. The van der Waals surface area contributed by atoms with Crippen molar-refractivity contribution < 1.29 is 9.47 Å². The Hall–Kier alpha value is -3.81. The average Bonchev–Trinajstić information content (AvgIpc) is 3.26. The molecule has 0 aliphatic carbocycles. The third-order valence-corrected chi connectivity index (χ3v) is 5.73. The second-order valence-electron chi connectivity index (χ2n) is 7.92. The molecule has 0 fully saturated rings. The first-order chi connectivity index (χ1) is 16.0. The van der Waals surface area contributed by atoms with Gasteiger partial charge in [-0.05, 0) is 41.8 Å². The molecule has 2 heterocycles. The predicted molar refractivity (Wildman–Crippen MR) is 127 cm³/mol. The van der Waals surface area contributed by atoms with E-state index in [1.165, 1.54) is 4.57 Å². The Labute approximate surface area is 191 Å². The number of imidazole rings is 1. The molecule has 0 radical (unpaired) electrons. The van der Waals surface area contributed by atoms with Crippen molar-refractivity contribution in [3.05, 3.63) is 86.8 Å². The number of unbranched alkanes of at least 4 members (excludes halogenated alkanes) is 1. The molecule has 0 N–H and O–H groups in total. The zero-order valence-corrected chi connectivity index (χ0v) is 19.2. The largest absolute Gasteiger partial charge is 0.497 e. The smallest absolute Gasteiger partial charge is 0.333 e. The maximum atomic E-state index is 13.4. The lowest BCUT2D eigenvalue weighted by molar-refractivity contribution is 0.414. The van der Waals surface area contributed by atoms with Gasteiger partial charge in [-0.15, -0.1) is 0 Å². The molecule has 0 unspecified atom stereocenters. The minimum absolute atomic E-state index is 0.305. The predicted octanol–water partition coefficient (Wildman–Crippen LogP) is 3.27. The molecule has 8 nitrogen and oxygen atoms in total. The highest BCUT2D eigenvalue weighted by molar-refractivity contribution is 5.70. The van der Waals surface area contributed by atoms with Crippen LogP contribution >= 0.6 is 0 Å². The van der Waals surface area contributed by atoms with Gasteiger partial charge in [-0.3, -0.25) is 13.9 Å². The van der Waals surface area contributed by atoms with Crippen molar-refractivity contribution in [3.8, 4) is 11.5 Å². The zero-order valence-electron chi connectivity index (χ0n) is 19.2. The molecule has 0 saturated heterocycles. The van der Waals surface area contributed by atoms with E-state index in [0.717, 1.165) is 35.5 Å². The Balaban J connectivity index is 1.81. The first-order valence-electron chi connectivity index (χ1n) is 11.0. The lowest BCUT2D eigenvalue weighted by atomic mass is 10.2. The van der Waals surface area contributed by atoms with Crippen molar-refractivity contribution in [1.82, 2.24) is 18.7 Å². The van der Waals surface area contributed by atoms with Gasteiger partial charge in [0.2, 0.25) is 0 Å². The van der Waals surface area contributed by atoms with Gasteiger partial charge in [0.25, 0.3) is 5.56 Å². The van der Waals surface area contributed by atoms with Crippen LogP contribution in [0.1, 0.15) is 30.9 Å². The summed E-state index contributed by atoms with van der Waals surface area (Å²) in [4.78, 5) is 31.2. The van der Waals surface area contributed by atoms with E-state index in [9.17, 15) is 9.59 Å². The topological polar surface area (TPSA) is 80.3 Å². The standard InChI is InChI=1S/C25H28N4O4/c1-4-5-14-28-24(30)22-23(26-17-27(22)15-18-6-10-20(32-2)11-7-18)29(25(28)31)16-19-8-12-21(33-3)13-9-19/h6-13,17H,4-5,14-16H2,1-3H3. The van der Waals surface area contributed by atoms with Crippen molar-refractivity contribution in [3.63, 3.8) is 0 Å².